The predicted octanol–water partition coefficient (Wildman–Crippen LogP) is 3.09. The van der Waals surface area contributed by atoms with Crippen LogP contribution in [0.5, 0.6) is 0 Å². The predicted molar refractivity (Wildman–Crippen MR) is 91.6 cm³/mol. The number of halogens is 1. The molecular weight excluding hydrogens is 327 g/mol. The molecule has 1 aromatic heterocycles. The van der Waals surface area contributed by atoms with Crippen LogP contribution in [-0.4, -0.2) is 28.0 Å². The summed E-state index contributed by atoms with van der Waals surface area (Å²) in [5.74, 6) is -0.424. The zero-order valence-corrected chi connectivity index (χ0v) is 14.4. The maximum atomic E-state index is 13.1. The zero-order valence-electron chi connectivity index (χ0n) is 13.6. The van der Waals surface area contributed by atoms with Gasteiger partial charge in [0.05, 0.1) is 17.4 Å². The van der Waals surface area contributed by atoms with Gasteiger partial charge < -0.3 is 10.4 Å². The summed E-state index contributed by atoms with van der Waals surface area (Å²) >= 11 is 1.26. The van der Waals surface area contributed by atoms with Crippen molar-refractivity contribution in [2.45, 2.75) is 38.7 Å². The normalized spacial score (nSPS) is 23.4. The van der Waals surface area contributed by atoms with Crippen LogP contribution in [0.25, 0.3) is 0 Å². The van der Waals surface area contributed by atoms with Crippen molar-refractivity contribution >= 4 is 17.4 Å². The van der Waals surface area contributed by atoms with E-state index in [-0.39, 0.29) is 11.7 Å². The van der Waals surface area contributed by atoms with E-state index in [2.05, 4.69) is 9.69 Å². The van der Waals surface area contributed by atoms with Crippen LogP contribution in [-0.2, 0) is 6.42 Å². The van der Waals surface area contributed by atoms with Gasteiger partial charge in [-0.25, -0.2) is 4.39 Å². The Morgan fingerprint density at radius 2 is 2.21 bits per heavy atom. The first kappa shape index (κ1) is 17.0. The molecule has 2 N–H and O–H groups in total. The highest BCUT2D eigenvalue weighted by Gasteiger charge is 2.42. The molecule has 0 radical (unpaired) electrons. The van der Waals surface area contributed by atoms with Crippen LogP contribution >= 0.6 is 11.5 Å². The van der Waals surface area contributed by atoms with Gasteiger partial charge >= 0.3 is 0 Å². The number of carbonyl (C=O) groups is 1. The minimum atomic E-state index is -0.468. The molecule has 1 fully saturated rings. The van der Waals surface area contributed by atoms with E-state index in [0.29, 0.717) is 18.5 Å². The molecule has 1 aliphatic rings. The Morgan fingerprint density at radius 3 is 2.79 bits per heavy atom. The van der Waals surface area contributed by atoms with Crippen molar-refractivity contribution in [2.24, 2.45) is 5.41 Å². The van der Waals surface area contributed by atoms with Gasteiger partial charge in [-0.15, -0.1) is 0 Å². The van der Waals surface area contributed by atoms with Crippen molar-refractivity contribution in [3.8, 4) is 0 Å². The highest BCUT2D eigenvalue weighted by Crippen LogP contribution is 2.41. The number of amides is 1. The lowest BCUT2D eigenvalue weighted by Crippen LogP contribution is -2.44. The first-order chi connectivity index (χ1) is 11.5. The molecule has 24 heavy (non-hydrogen) atoms. The van der Waals surface area contributed by atoms with Gasteiger partial charge in [0.1, 0.15) is 5.82 Å². The molecule has 6 heteroatoms. The summed E-state index contributed by atoms with van der Waals surface area (Å²) in [6, 6.07) is 6.36. The van der Waals surface area contributed by atoms with Gasteiger partial charge in [0.25, 0.3) is 5.91 Å². The third-order valence-electron chi connectivity index (χ3n) is 4.92. The number of nitrogens with zero attached hydrogens (tertiary/aromatic N) is 1. The van der Waals surface area contributed by atoms with Crippen molar-refractivity contribution in [3.63, 3.8) is 0 Å². The molecule has 0 saturated heterocycles. The van der Waals surface area contributed by atoms with Gasteiger partial charge in [-0.05, 0) is 55.4 Å². The molecule has 1 aromatic carbocycles. The van der Waals surface area contributed by atoms with E-state index in [9.17, 15) is 14.3 Å². The van der Waals surface area contributed by atoms with E-state index in [1.807, 2.05) is 6.92 Å². The molecule has 1 amide bonds. The lowest BCUT2D eigenvalue weighted by molar-refractivity contribution is 0.0500. The van der Waals surface area contributed by atoms with Crippen LogP contribution in [0.1, 0.15) is 40.9 Å². The second kappa shape index (κ2) is 6.99. The average molecular weight is 348 g/mol. The standard InChI is InChI=1S/C18H21FN2O2S/c1-12-15(10-24-21-12)17(23)20-11-18(8-2-3-16(18)22)9-13-4-6-14(19)7-5-13/h4-7,10,16,22H,2-3,8-9,11H2,1H3,(H,20,23)/t16-,18+/m1/s1. The van der Waals surface area contributed by atoms with E-state index in [1.54, 1.807) is 17.5 Å². The summed E-state index contributed by atoms with van der Waals surface area (Å²) in [5.41, 5.74) is 1.88. The number of nitrogens with one attached hydrogen (secondary N) is 1. The molecular formula is C18H21FN2O2S. The number of aliphatic hydroxyl groups excluding tert-OH is 1. The van der Waals surface area contributed by atoms with Crippen LogP contribution in [0.4, 0.5) is 4.39 Å². The van der Waals surface area contributed by atoms with Gasteiger partial charge in [0.2, 0.25) is 0 Å². The van der Waals surface area contributed by atoms with Gasteiger partial charge in [-0.1, -0.05) is 18.6 Å². The average Bonchev–Trinajstić information content (AvgIpc) is 3.14. The second-order valence-electron chi connectivity index (χ2n) is 6.57. The Hall–Kier alpha value is -1.79. The molecule has 0 unspecified atom stereocenters. The third kappa shape index (κ3) is 3.49. The summed E-state index contributed by atoms with van der Waals surface area (Å²) in [4.78, 5) is 12.4. The molecule has 0 bridgehead atoms. The van der Waals surface area contributed by atoms with Crippen molar-refractivity contribution in [3.05, 3.63) is 52.3 Å². The lowest BCUT2D eigenvalue weighted by atomic mass is 9.78. The lowest BCUT2D eigenvalue weighted by Gasteiger charge is -2.33. The molecule has 2 aromatic rings. The number of hydrogen-bond donors (Lipinski definition) is 2. The van der Waals surface area contributed by atoms with Crippen LogP contribution in [0, 0.1) is 18.2 Å². The topological polar surface area (TPSA) is 62.2 Å². The Labute approximate surface area is 144 Å². The highest BCUT2D eigenvalue weighted by molar-refractivity contribution is 7.03. The van der Waals surface area contributed by atoms with E-state index in [4.69, 9.17) is 0 Å². The minimum absolute atomic E-state index is 0.154. The largest absolute Gasteiger partial charge is 0.392 e. The van der Waals surface area contributed by atoms with E-state index in [1.165, 1.54) is 23.7 Å². The third-order valence-corrected chi connectivity index (χ3v) is 5.64. The summed E-state index contributed by atoms with van der Waals surface area (Å²) in [5, 5.41) is 15.2. The Balaban J connectivity index is 1.73. The fourth-order valence-corrected chi connectivity index (χ4v) is 4.16. The van der Waals surface area contributed by atoms with Gasteiger partial charge in [0, 0.05) is 17.3 Å². The SMILES string of the molecule is Cc1nscc1C(=O)NC[C@@]1(Cc2ccc(F)cc2)CCC[C@H]1O. The van der Waals surface area contributed by atoms with Crippen molar-refractivity contribution < 1.29 is 14.3 Å². The number of benzene rings is 1. The van der Waals surface area contributed by atoms with Crippen molar-refractivity contribution in [1.82, 2.24) is 9.69 Å². The number of rotatable bonds is 5. The minimum Gasteiger partial charge on any atom is -0.392 e. The Bertz CT molecular complexity index is 716. The maximum absolute atomic E-state index is 13.1. The number of aliphatic hydroxyl groups is 1. The Morgan fingerprint density at radius 1 is 1.46 bits per heavy atom. The van der Waals surface area contributed by atoms with Gasteiger partial charge in [-0.2, -0.15) is 4.37 Å². The second-order valence-corrected chi connectivity index (χ2v) is 7.20. The van der Waals surface area contributed by atoms with E-state index in [0.717, 1.165) is 30.5 Å². The molecule has 2 atom stereocenters. The zero-order chi connectivity index (χ0) is 17.2. The first-order valence-corrected chi connectivity index (χ1v) is 8.95. The highest BCUT2D eigenvalue weighted by atomic mass is 32.1. The fourth-order valence-electron chi connectivity index (χ4n) is 3.47. The van der Waals surface area contributed by atoms with E-state index < -0.39 is 11.5 Å². The monoisotopic (exact) mass is 348 g/mol. The Kier molecular flexibility index (Phi) is 4.96. The number of aromatic nitrogens is 1. The summed E-state index contributed by atoms with van der Waals surface area (Å²) in [6.45, 7) is 2.21. The van der Waals surface area contributed by atoms with Crippen LogP contribution < -0.4 is 5.32 Å². The van der Waals surface area contributed by atoms with Crippen LogP contribution in [0.3, 0.4) is 0 Å². The maximum Gasteiger partial charge on any atom is 0.254 e. The van der Waals surface area contributed by atoms with Crippen molar-refractivity contribution in [1.29, 1.82) is 0 Å². The summed E-state index contributed by atoms with van der Waals surface area (Å²) in [6.07, 6.45) is 2.65. The number of hydrogen-bond acceptors (Lipinski definition) is 4. The molecule has 0 aliphatic heterocycles. The van der Waals surface area contributed by atoms with Crippen LogP contribution in [0.2, 0.25) is 0 Å². The summed E-state index contributed by atoms with van der Waals surface area (Å²) < 4.78 is 17.2. The number of aryl methyl sites for hydroxylation is 1. The fraction of sp³-hybridized carbons (Fsp3) is 0.444. The van der Waals surface area contributed by atoms with Crippen LogP contribution in [0.15, 0.2) is 29.6 Å². The summed E-state index contributed by atoms with van der Waals surface area (Å²) in [7, 11) is 0. The first-order valence-electron chi connectivity index (χ1n) is 8.12. The molecule has 1 heterocycles. The molecule has 0 spiro atoms. The quantitative estimate of drug-likeness (QED) is 0.873. The molecule has 4 nitrogen and oxygen atoms in total. The van der Waals surface area contributed by atoms with Gasteiger partial charge in [0.15, 0.2) is 0 Å². The smallest absolute Gasteiger partial charge is 0.254 e. The van der Waals surface area contributed by atoms with Gasteiger partial charge in [-0.3, -0.25) is 4.79 Å². The molecule has 1 saturated carbocycles. The van der Waals surface area contributed by atoms with E-state index >= 15 is 0 Å². The molecule has 1 aliphatic carbocycles. The number of carbonyl (C=O) groups excluding carboxylic acids is 1. The molecule has 3 rings (SSSR count). The van der Waals surface area contributed by atoms with Crippen molar-refractivity contribution in [2.75, 3.05) is 6.54 Å². The molecule has 128 valence electrons.